The molecule has 0 saturated heterocycles. The maximum atomic E-state index is 11.8. The van der Waals surface area contributed by atoms with Gasteiger partial charge in [0, 0.05) is 65.4 Å². The zero-order valence-corrected chi connectivity index (χ0v) is 34.2. The molecule has 0 aromatic carbocycles. The van der Waals surface area contributed by atoms with Gasteiger partial charge in [0.1, 0.15) is 50.8 Å². The van der Waals surface area contributed by atoms with Gasteiger partial charge in [-0.1, -0.05) is 41.5 Å². The molecule has 6 unspecified atom stereocenters. The Bertz CT molecular complexity index is 672. The van der Waals surface area contributed by atoms with Crippen molar-refractivity contribution in [3.8, 4) is 0 Å². The summed E-state index contributed by atoms with van der Waals surface area (Å²) >= 11 is 0. The van der Waals surface area contributed by atoms with Crippen molar-refractivity contribution in [3.05, 3.63) is 0 Å². The predicted molar refractivity (Wildman–Crippen MR) is 154 cm³/mol. The quantitative estimate of drug-likeness (QED) is 0.142. The van der Waals surface area contributed by atoms with Crippen LogP contribution in [-0.4, -0.2) is 111 Å². The third-order valence-corrected chi connectivity index (χ3v) is 4.50. The molecule has 262 valence electrons. The number of aliphatic hydroxyl groups is 2. The predicted octanol–water partition coefficient (Wildman–Crippen LogP) is 4.76. The van der Waals surface area contributed by atoms with Gasteiger partial charge in [0.25, 0.3) is 0 Å². The second-order valence-corrected chi connectivity index (χ2v) is 8.62. The summed E-state index contributed by atoms with van der Waals surface area (Å²) in [5.41, 5.74) is 0. The molecule has 2 N–H and O–H groups in total. The van der Waals surface area contributed by atoms with Crippen molar-refractivity contribution < 1.29 is 137 Å². The molecule has 0 heterocycles. The van der Waals surface area contributed by atoms with E-state index in [4.69, 9.17) is 42.6 Å². The molecular weight excluding hydrogens is 754 g/mol. The summed E-state index contributed by atoms with van der Waals surface area (Å²) in [5.74, 6) is 0. The number of carbonyl (C=O) groups is 4. The molecule has 0 fully saturated rings. The Hall–Kier alpha value is -0.832. The fraction of sp³-hybridized carbons (Fsp3) is 0.857. The van der Waals surface area contributed by atoms with Crippen LogP contribution in [-0.2, 0) is 108 Å². The zero-order chi connectivity index (χ0) is 33.8. The number of rotatable bonds is 18. The average Bonchev–Trinajstić information content (AvgIpc) is 2.98. The van der Waals surface area contributed by atoms with Gasteiger partial charge in [-0.3, -0.25) is 0 Å². The Morgan fingerprint density at radius 3 is 0.933 bits per heavy atom. The molecule has 0 rings (SSSR count). The molecule has 0 saturated carbocycles. The third kappa shape index (κ3) is 35.9. The fourth-order valence-electron chi connectivity index (χ4n) is 2.26. The van der Waals surface area contributed by atoms with E-state index >= 15 is 0 Å². The van der Waals surface area contributed by atoms with Crippen LogP contribution in [0.2, 0.25) is 0 Å². The van der Waals surface area contributed by atoms with Crippen molar-refractivity contribution in [1.29, 1.82) is 0 Å². The minimum Gasteiger partial charge on any atom is -0.432 e. The van der Waals surface area contributed by atoms with Gasteiger partial charge in [0.2, 0.25) is 0 Å². The first-order chi connectivity index (χ1) is 20.4. The SMILES string of the molecule is CC.CC.CCC(O)COC(=O)OC(C)COC(=O)OC(C)COCC(C)OC(=O)OCC(C)OC(=O)OCC(O)CC.[Y].[Y]. The van der Waals surface area contributed by atoms with Crippen LogP contribution in [0.3, 0.4) is 0 Å². The van der Waals surface area contributed by atoms with Gasteiger partial charge in [-0.05, 0) is 40.5 Å². The number of hydrogen-bond acceptors (Lipinski definition) is 15. The Labute approximate surface area is 318 Å². The summed E-state index contributed by atoms with van der Waals surface area (Å²) in [6.45, 7) is 16.5. The molecular formula is C28H54O15Y2. The van der Waals surface area contributed by atoms with Crippen molar-refractivity contribution in [3.63, 3.8) is 0 Å². The van der Waals surface area contributed by atoms with E-state index in [2.05, 4.69) is 0 Å². The monoisotopic (exact) mass is 808 g/mol. The molecule has 0 aliphatic rings. The van der Waals surface area contributed by atoms with Crippen LogP contribution in [0.25, 0.3) is 0 Å². The van der Waals surface area contributed by atoms with Gasteiger partial charge in [0.05, 0.1) is 25.4 Å². The van der Waals surface area contributed by atoms with Crippen LogP contribution < -0.4 is 0 Å². The van der Waals surface area contributed by atoms with Crippen molar-refractivity contribution in [2.24, 2.45) is 0 Å². The summed E-state index contributed by atoms with van der Waals surface area (Å²) in [7, 11) is 0. The normalized spacial score (nSPS) is 13.6. The molecule has 0 amide bonds. The van der Waals surface area contributed by atoms with Gasteiger partial charge < -0.3 is 52.8 Å². The van der Waals surface area contributed by atoms with E-state index in [1.165, 1.54) is 13.8 Å². The summed E-state index contributed by atoms with van der Waals surface area (Å²) in [6.07, 6.45) is -7.78. The number of hydrogen-bond donors (Lipinski definition) is 2. The van der Waals surface area contributed by atoms with Crippen LogP contribution in [0.4, 0.5) is 19.2 Å². The summed E-state index contributed by atoms with van der Waals surface area (Å²) < 4.78 is 44.3. The van der Waals surface area contributed by atoms with E-state index in [1.54, 1.807) is 27.7 Å². The van der Waals surface area contributed by atoms with Gasteiger partial charge in [-0.2, -0.15) is 0 Å². The molecule has 0 aliphatic heterocycles. The van der Waals surface area contributed by atoms with Crippen molar-refractivity contribution >= 4 is 24.6 Å². The van der Waals surface area contributed by atoms with Crippen LogP contribution in [0.15, 0.2) is 0 Å². The molecule has 0 aromatic rings. The molecule has 15 nitrogen and oxygen atoms in total. The molecule has 0 bridgehead atoms. The van der Waals surface area contributed by atoms with Gasteiger partial charge >= 0.3 is 24.6 Å². The van der Waals surface area contributed by atoms with Gasteiger partial charge in [-0.15, -0.1) is 0 Å². The fourth-order valence-corrected chi connectivity index (χ4v) is 2.26. The molecule has 0 aromatic heterocycles. The van der Waals surface area contributed by atoms with E-state index in [0.29, 0.717) is 12.8 Å². The van der Waals surface area contributed by atoms with E-state index in [1.807, 2.05) is 27.7 Å². The average molecular weight is 809 g/mol. The summed E-state index contributed by atoms with van der Waals surface area (Å²) in [6, 6.07) is 0. The molecule has 45 heavy (non-hydrogen) atoms. The standard InChI is InChI=1S/C24H42O15.2C2H6.2Y/c1-7-19(25)13-34-23(29)38-17(5)11-32-21(27)36-15(3)9-31-10-16(4)37-22(28)33-12-18(6)39-24(30)35-14-20(26)8-2;2*1-2;;/h15-20,25-26H,7-14H2,1-6H3;2*1-2H3;;. The molecule has 0 aliphatic carbocycles. The van der Waals surface area contributed by atoms with E-state index in [9.17, 15) is 29.4 Å². The molecule has 6 atom stereocenters. The van der Waals surface area contributed by atoms with Gasteiger partial charge in [0.15, 0.2) is 0 Å². The topological polar surface area (TPSA) is 192 Å². The van der Waals surface area contributed by atoms with Crippen LogP contribution >= 0.6 is 0 Å². The number of aliphatic hydroxyl groups excluding tert-OH is 2. The Kier molecular flexibility index (Phi) is 42.9. The van der Waals surface area contributed by atoms with Crippen LogP contribution in [0, 0.1) is 0 Å². The number of ether oxygens (including phenoxy) is 9. The Morgan fingerprint density at radius 1 is 0.467 bits per heavy atom. The number of carbonyl (C=O) groups excluding carboxylic acids is 4. The maximum absolute atomic E-state index is 11.8. The van der Waals surface area contributed by atoms with E-state index < -0.39 is 61.2 Å². The van der Waals surface area contributed by atoms with Gasteiger partial charge in [-0.25, -0.2) is 19.2 Å². The van der Waals surface area contributed by atoms with Crippen molar-refractivity contribution in [1.82, 2.24) is 0 Å². The minimum atomic E-state index is -1.01. The molecule has 17 heteroatoms. The van der Waals surface area contributed by atoms with Crippen LogP contribution in [0.5, 0.6) is 0 Å². The first-order valence-corrected chi connectivity index (χ1v) is 14.6. The first-order valence-electron chi connectivity index (χ1n) is 14.6. The maximum Gasteiger partial charge on any atom is 0.508 e. The van der Waals surface area contributed by atoms with E-state index in [-0.39, 0.29) is 105 Å². The zero-order valence-electron chi connectivity index (χ0n) is 28.5. The summed E-state index contributed by atoms with van der Waals surface area (Å²) in [4.78, 5) is 46.5. The summed E-state index contributed by atoms with van der Waals surface area (Å²) in [5, 5.41) is 18.7. The second-order valence-electron chi connectivity index (χ2n) is 8.62. The smallest absolute Gasteiger partial charge is 0.432 e. The van der Waals surface area contributed by atoms with Crippen LogP contribution in [0.1, 0.15) is 82.1 Å². The van der Waals surface area contributed by atoms with E-state index in [0.717, 1.165) is 0 Å². The Balaban J connectivity index is -0.000000851. The molecule has 2 radical (unpaired) electrons. The van der Waals surface area contributed by atoms with Crippen molar-refractivity contribution in [2.75, 3.05) is 39.6 Å². The largest absolute Gasteiger partial charge is 0.508 e. The third-order valence-electron chi connectivity index (χ3n) is 4.50. The Morgan fingerprint density at radius 2 is 0.689 bits per heavy atom. The van der Waals surface area contributed by atoms with Crippen molar-refractivity contribution in [2.45, 2.75) is 119 Å². The second kappa shape index (κ2) is 36.0. The first kappa shape index (κ1) is 53.6. The minimum absolute atomic E-state index is 0. The molecule has 0 spiro atoms.